The number of hydrogen-bond acceptors (Lipinski definition) is 4. The Balaban J connectivity index is 1.79. The third kappa shape index (κ3) is 2.69. The van der Waals surface area contributed by atoms with Gasteiger partial charge in [0.1, 0.15) is 16.8 Å². The molecule has 0 fully saturated rings. The summed E-state index contributed by atoms with van der Waals surface area (Å²) in [6.45, 7) is 0. The molecule has 6 nitrogen and oxygen atoms in total. The van der Waals surface area contributed by atoms with Gasteiger partial charge in [0.25, 0.3) is 0 Å². The van der Waals surface area contributed by atoms with E-state index in [1.54, 1.807) is 13.2 Å². The van der Waals surface area contributed by atoms with Crippen LogP contribution in [0.2, 0.25) is 0 Å². The summed E-state index contributed by atoms with van der Waals surface area (Å²) in [6.07, 6.45) is 0.234. The van der Waals surface area contributed by atoms with Crippen LogP contribution < -0.4 is 10.1 Å². The molecule has 3 rings (SSSR count). The third-order valence-corrected chi connectivity index (χ3v) is 3.16. The van der Waals surface area contributed by atoms with Crippen LogP contribution in [0.3, 0.4) is 0 Å². The molecule has 3 aromatic rings. The highest BCUT2D eigenvalue weighted by atomic mass is 16.5. The van der Waals surface area contributed by atoms with Crippen molar-refractivity contribution >= 4 is 22.6 Å². The van der Waals surface area contributed by atoms with E-state index in [-0.39, 0.29) is 12.3 Å². The fraction of sp³-hybridized carbons (Fsp3) is 0.133. The fourth-order valence-corrected chi connectivity index (χ4v) is 2.19. The number of anilines is 1. The Morgan fingerprint density at radius 2 is 2.05 bits per heavy atom. The molecular formula is C15H14N4O2. The smallest absolute Gasteiger partial charge is 0.228 e. The van der Waals surface area contributed by atoms with Crippen LogP contribution in [0.4, 0.5) is 5.69 Å². The summed E-state index contributed by atoms with van der Waals surface area (Å²) in [6, 6.07) is 12.9. The zero-order valence-electron chi connectivity index (χ0n) is 11.5. The van der Waals surface area contributed by atoms with E-state index in [2.05, 4.69) is 20.7 Å². The molecular weight excluding hydrogens is 268 g/mol. The lowest BCUT2D eigenvalue weighted by Crippen LogP contribution is -2.15. The van der Waals surface area contributed by atoms with Gasteiger partial charge in [-0.05, 0) is 18.2 Å². The summed E-state index contributed by atoms with van der Waals surface area (Å²) in [4.78, 5) is 12.2. The molecule has 0 atom stereocenters. The molecule has 2 N–H and O–H groups in total. The molecule has 0 aliphatic heterocycles. The summed E-state index contributed by atoms with van der Waals surface area (Å²) in [5, 5.41) is 13.4. The number of benzene rings is 2. The van der Waals surface area contributed by atoms with Gasteiger partial charge in [-0.2, -0.15) is 15.4 Å². The minimum absolute atomic E-state index is 0.130. The number of ether oxygens (including phenoxy) is 1. The van der Waals surface area contributed by atoms with Gasteiger partial charge in [0.15, 0.2) is 0 Å². The minimum atomic E-state index is -0.130. The number of para-hydroxylation sites is 2. The highest BCUT2D eigenvalue weighted by molar-refractivity contribution is 6.00. The van der Waals surface area contributed by atoms with Gasteiger partial charge >= 0.3 is 0 Å². The first-order valence-electron chi connectivity index (χ1n) is 6.49. The summed E-state index contributed by atoms with van der Waals surface area (Å²) in [5.41, 5.74) is 2.84. The predicted octanol–water partition coefficient (Wildman–Crippen LogP) is 2.15. The molecule has 2 aromatic carbocycles. The molecule has 1 aromatic heterocycles. The maximum Gasteiger partial charge on any atom is 0.228 e. The number of nitrogens with zero attached hydrogens (tertiary/aromatic N) is 2. The average molecular weight is 282 g/mol. The van der Waals surface area contributed by atoms with Crippen molar-refractivity contribution < 1.29 is 9.53 Å². The standard InChI is InChI=1S/C15H14N4O2/c1-21-13-8-3-2-5-10(13)9-14(20)16-11-6-4-7-12-15(11)18-19-17-12/h2-8H,9H2,1H3,(H,16,20)(H,17,18,19). The molecule has 1 amide bonds. The van der Waals surface area contributed by atoms with E-state index in [1.165, 1.54) is 0 Å². The Morgan fingerprint density at radius 1 is 1.19 bits per heavy atom. The fourth-order valence-electron chi connectivity index (χ4n) is 2.19. The van der Waals surface area contributed by atoms with E-state index < -0.39 is 0 Å². The van der Waals surface area contributed by atoms with Crippen molar-refractivity contribution in [2.45, 2.75) is 6.42 Å². The van der Waals surface area contributed by atoms with Crippen LogP contribution >= 0.6 is 0 Å². The normalized spacial score (nSPS) is 10.5. The van der Waals surface area contributed by atoms with E-state index in [0.717, 1.165) is 5.56 Å². The topological polar surface area (TPSA) is 79.9 Å². The molecule has 0 aliphatic carbocycles. The van der Waals surface area contributed by atoms with Crippen molar-refractivity contribution in [3.05, 3.63) is 48.0 Å². The monoisotopic (exact) mass is 282 g/mol. The lowest BCUT2D eigenvalue weighted by atomic mass is 10.1. The predicted molar refractivity (Wildman–Crippen MR) is 79.2 cm³/mol. The third-order valence-electron chi connectivity index (χ3n) is 3.16. The van der Waals surface area contributed by atoms with Gasteiger partial charge in [0.2, 0.25) is 5.91 Å². The molecule has 21 heavy (non-hydrogen) atoms. The van der Waals surface area contributed by atoms with Crippen LogP contribution in [0.25, 0.3) is 11.0 Å². The van der Waals surface area contributed by atoms with Crippen molar-refractivity contribution in [2.75, 3.05) is 12.4 Å². The summed E-state index contributed by atoms with van der Waals surface area (Å²) in [5.74, 6) is 0.572. The Kier molecular flexibility index (Phi) is 3.51. The minimum Gasteiger partial charge on any atom is -0.496 e. The van der Waals surface area contributed by atoms with Crippen molar-refractivity contribution in [2.24, 2.45) is 0 Å². The van der Waals surface area contributed by atoms with Crippen LogP contribution in [0.5, 0.6) is 5.75 Å². The van der Waals surface area contributed by atoms with E-state index in [1.807, 2.05) is 36.4 Å². The lowest BCUT2D eigenvalue weighted by Gasteiger charge is -2.09. The average Bonchev–Trinajstić information content (AvgIpc) is 2.97. The quantitative estimate of drug-likeness (QED) is 0.768. The molecule has 0 bridgehead atoms. The van der Waals surface area contributed by atoms with E-state index in [4.69, 9.17) is 4.74 Å². The molecule has 0 saturated carbocycles. The number of methoxy groups -OCH3 is 1. The number of aromatic amines is 1. The van der Waals surface area contributed by atoms with Crippen molar-refractivity contribution in [1.82, 2.24) is 15.4 Å². The van der Waals surface area contributed by atoms with Gasteiger partial charge < -0.3 is 10.1 Å². The van der Waals surface area contributed by atoms with Crippen LogP contribution in [0, 0.1) is 0 Å². The number of carbonyl (C=O) groups excluding carboxylic acids is 1. The number of aromatic nitrogens is 3. The number of rotatable bonds is 4. The van der Waals surface area contributed by atoms with Gasteiger partial charge in [0, 0.05) is 5.56 Å². The number of fused-ring (bicyclic) bond motifs is 1. The number of hydrogen-bond donors (Lipinski definition) is 2. The second-order valence-electron chi connectivity index (χ2n) is 4.53. The zero-order chi connectivity index (χ0) is 14.7. The summed E-state index contributed by atoms with van der Waals surface area (Å²) < 4.78 is 5.25. The molecule has 1 heterocycles. The molecule has 6 heteroatoms. The van der Waals surface area contributed by atoms with Crippen LogP contribution in [-0.4, -0.2) is 28.4 Å². The van der Waals surface area contributed by atoms with E-state index >= 15 is 0 Å². The maximum atomic E-state index is 12.2. The first kappa shape index (κ1) is 13.1. The summed E-state index contributed by atoms with van der Waals surface area (Å²) >= 11 is 0. The van der Waals surface area contributed by atoms with Crippen molar-refractivity contribution in [3.8, 4) is 5.75 Å². The molecule has 0 aliphatic rings. The van der Waals surface area contributed by atoms with Crippen LogP contribution in [-0.2, 0) is 11.2 Å². The second kappa shape index (κ2) is 5.62. The maximum absolute atomic E-state index is 12.2. The number of carbonyl (C=O) groups is 1. The molecule has 0 spiro atoms. The number of amides is 1. The Hall–Kier alpha value is -2.89. The Morgan fingerprint density at radius 3 is 2.90 bits per heavy atom. The molecule has 0 unspecified atom stereocenters. The number of nitrogens with one attached hydrogen (secondary N) is 2. The largest absolute Gasteiger partial charge is 0.496 e. The van der Waals surface area contributed by atoms with Crippen molar-refractivity contribution in [1.29, 1.82) is 0 Å². The highest BCUT2D eigenvalue weighted by Crippen LogP contribution is 2.21. The first-order chi connectivity index (χ1) is 10.3. The first-order valence-corrected chi connectivity index (χ1v) is 6.49. The summed E-state index contributed by atoms with van der Waals surface area (Å²) in [7, 11) is 1.59. The van der Waals surface area contributed by atoms with E-state index in [9.17, 15) is 4.79 Å². The second-order valence-corrected chi connectivity index (χ2v) is 4.53. The van der Waals surface area contributed by atoms with Gasteiger partial charge in [0.05, 0.1) is 19.2 Å². The zero-order valence-corrected chi connectivity index (χ0v) is 11.5. The van der Waals surface area contributed by atoms with Gasteiger partial charge in [-0.1, -0.05) is 24.3 Å². The highest BCUT2D eigenvalue weighted by Gasteiger charge is 2.11. The molecule has 0 saturated heterocycles. The van der Waals surface area contributed by atoms with Gasteiger partial charge in [-0.25, -0.2) is 0 Å². The van der Waals surface area contributed by atoms with E-state index in [0.29, 0.717) is 22.5 Å². The number of H-pyrrole nitrogens is 1. The van der Waals surface area contributed by atoms with Gasteiger partial charge in [-0.3, -0.25) is 4.79 Å². The van der Waals surface area contributed by atoms with Crippen LogP contribution in [0.15, 0.2) is 42.5 Å². The van der Waals surface area contributed by atoms with Crippen LogP contribution in [0.1, 0.15) is 5.56 Å². The Bertz CT molecular complexity index is 782. The van der Waals surface area contributed by atoms with Crippen molar-refractivity contribution in [3.63, 3.8) is 0 Å². The SMILES string of the molecule is COc1ccccc1CC(=O)Nc1cccc2n[nH]nc12. The molecule has 106 valence electrons. The Labute approximate surface area is 121 Å². The lowest BCUT2D eigenvalue weighted by molar-refractivity contribution is -0.115. The van der Waals surface area contributed by atoms with Gasteiger partial charge in [-0.15, -0.1) is 0 Å². The molecule has 0 radical (unpaired) electrons.